The first-order chi connectivity index (χ1) is 66.4. The van der Waals surface area contributed by atoms with E-state index in [2.05, 4.69) is 64.5 Å². The summed E-state index contributed by atoms with van der Waals surface area (Å²) in [6.45, 7) is 18.2. The molecule has 23 rings (SSSR count). The van der Waals surface area contributed by atoms with Gasteiger partial charge in [-0.15, -0.1) is 11.6 Å². The normalized spacial score (nSPS) is 24.5. The summed E-state index contributed by atoms with van der Waals surface area (Å²) in [6.07, 6.45) is 28.9. The number of aromatic nitrogens is 6. The van der Waals surface area contributed by atoms with Crippen LogP contribution in [0.15, 0.2) is 165 Å². The van der Waals surface area contributed by atoms with Crippen LogP contribution in [0.5, 0.6) is 34.5 Å². The molecule has 12 atom stereocenters. The fourth-order valence-corrected chi connectivity index (χ4v) is 19.4. The average Bonchev–Trinajstić information content (AvgIpc) is 1.78. The lowest BCUT2D eigenvalue weighted by molar-refractivity contribution is -0.128. The number of carbonyl (C=O) groups is 5. The van der Waals surface area contributed by atoms with E-state index in [0.29, 0.717) is 95.3 Å². The number of morpholine rings is 6. The van der Waals surface area contributed by atoms with E-state index in [1.807, 2.05) is 60.8 Å². The molecule has 12 saturated heterocycles. The lowest BCUT2D eigenvalue weighted by Crippen LogP contribution is -2.43. The van der Waals surface area contributed by atoms with E-state index in [-0.39, 0.29) is 84.0 Å². The molecule has 34 nitrogen and oxygen atoms in total. The van der Waals surface area contributed by atoms with Crippen molar-refractivity contribution < 1.29 is 110 Å². The summed E-state index contributed by atoms with van der Waals surface area (Å²) in [5.74, 6) is 1.62. The van der Waals surface area contributed by atoms with E-state index in [1.165, 1.54) is 70.4 Å². The Kier molecular flexibility index (Phi) is 32.4. The number of nitrogens with zero attached hydrogens (tertiary/aromatic N) is 11. The molecule has 14 aliphatic rings. The summed E-state index contributed by atoms with van der Waals surface area (Å²) in [7, 11) is 2.58. The molecular formula is C101H118ClFN12O22. The van der Waals surface area contributed by atoms with Gasteiger partial charge in [-0.1, -0.05) is 42.5 Å². The lowest BCUT2D eigenvalue weighted by atomic mass is 10.1. The van der Waals surface area contributed by atoms with Crippen LogP contribution in [-0.4, -0.2) is 253 Å². The van der Waals surface area contributed by atoms with Crippen LogP contribution in [0.2, 0.25) is 0 Å². The minimum absolute atomic E-state index is 0.0515. The van der Waals surface area contributed by atoms with Crippen molar-refractivity contribution in [2.75, 3.05) is 117 Å². The standard InChI is InChI=1S/C22H24N2O5.C19H20N2O4.C13H16N2O3.C12H15ClN2O.C12H16N2O2.C10H10O4.C7H6FNO2.C6H11NO/c1-22(2)28-18-7-3-6-17(19(18)21(25)29-22)26-13-14-5-4-10-23-20(14)24-11-15-8-9-16(12-24)27-15;22-11-16-17(23)4-1-5-18(16)24-12-13-3-2-8-20-19(13)21-9-14-6-7-15(10-21)25-14;1-17-13(16)11-3-2-6-14-12(11)15-7-9-4-5-10(8-15)18-9;13-6-9-2-1-5-14-12(9)15-7-10-3-4-11(8-15)16-10;15-8-9-2-1-5-13-12(9)14-6-10-3-4-11(7-14)16-10;1-10(2)13-7-5-3-4-6(11)8(7)9(12)14-10;1-11-7(10)5-3-2-4-9-6(5)8;1-2-6-4-7-3-5(1)8-6/h3-7,10,15-16H,8-9,11-13H2,1-2H3;1-5,8,11,14-15,23H,6-7,9-10,12H2;2-3,6,9-10H,4-5,7-8H2,1H3;1-2,5,10-11H,3-4,6-8H2;1-2,5,10-11,15H,3-4,6-8H2;3-5,11H,1-2H3;2-4H,1H3;5-7H,1-4H2. The Balaban J connectivity index is 0.000000116. The number of halogens is 2. The number of pyridine rings is 6. The number of esters is 4. The number of phenolic OH excluding ortho intramolecular Hbond substituents is 2. The molecular weight excluding hydrogens is 1790 g/mol. The van der Waals surface area contributed by atoms with Crippen molar-refractivity contribution in [3.8, 4) is 34.5 Å². The highest BCUT2D eigenvalue weighted by molar-refractivity contribution is 6.17. The number of aldehydes is 1. The molecule has 0 spiro atoms. The van der Waals surface area contributed by atoms with Gasteiger partial charge in [-0.05, 0) is 162 Å². The number of carbonyl (C=O) groups excluding carboxylic acids is 5. The summed E-state index contributed by atoms with van der Waals surface area (Å²) in [4.78, 5) is 94.5. The number of phenols is 2. The van der Waals surface area contributed by atoms with E-state index in [0.717, 1.165) is 175 Å². The second kappa shape index (κ2) is 45.4. The smallest absolute Gasteiger partial charge is 0.349 e. The molecule has 12 bridgehead atoms. The van der Waals surface area contributed by atoms with Crippen molar-refractivity contribution in [2.24, 2.45) is 0 Å². The number of aromatic hydroxyl groups is 2. The van der Waals surface area contributed by atoms with E-state index in [9.17, 15) is 43.7 Å². The molecule has 0 amide bonds. The van der Waals surface area contributed by atoms with Gasteiger partial charge in [0.1, 0.15) is 99.1 Å². The van der Waals surface area contributed by atoms with Gasteiger partial charge in [0, 0.05) is 166 Å². The van der Waals surface area contributed by atoms with Gasteiger partial charge in [0.2, 0.25) is 17.5 Å². The van der Waals surface area contributed by atoms with Crippen LogP contribution in [0, 0.1) is 5.95 Å². The SMILES string of the molecule is C1CC2CNCC1O2.CC1(C)OC(=O)c2c(O)cccc2O1.CC1(C)OC(=O)c2c(OCc3cccnc3N3CC4CCC(C3)O4)cccc2O1.COC(=O)c1cccnc1F.COC(=O)c1cccnc1N1CC2CCC(C1)O2.ClCc1cccnc1N1CC2CCC(C1)O2.O=Cc1c(O)cccc1OCc1cccnc1N1CC2CCC(C1)O2.OCc1cccnc1N1CC2CCC(C1)O2. The zero-order chi connectivity index (χ0) is 95.7. The van der Waals surface area contributed by atoms with E-state index < -0.39 is 35.4 Å². The highest BCUT2D eigenvalue weighted by Crippen LogP contribution is 2.42. The van der Waals surface area contributed by atoms with Gasteiger partial charge in [0.25, 0.3) is 0 Å². The number of methoxy groups -OCH3 is 2. The first-order valence-corrected chi connectivity index (χ1v) is 47.3. The molecule has 0 saturated carbocycles. The lowest BCUT2D eigenvalue weighted by Gasteiger charge is -2.34. The van der Waals surface area contributed by atoms with Crippen molar-refractivity contribution >= 4 is 70.9 Å². The molecule has 14 aliphatic heterocycles. The predicted molar refractivity (Wildman–Crippen MR) is 502 cm³/mol. The first kappa shape index (κ1) is 97.9. The third-order valence-corrected chi connectivity index (χ3v) is 25.8. The minimum Gasteiger partial charge on any atom is -0.507 e. The Morgan fingerprint density at radius 1 is 0.416 bits per heavy atom. The number of cyclic esters (lactones) is 2. The fraction of sp³-hybridized carbons (Fsp3) is 0.475. The van der Waals surface area contributed by atoms with Crippen molar-refractivity contribution in [1.82, 2.24) is 35.2 Å². The summed E-state index contributed by atoms with van der Waals surface area (Å²) >= 11 is 5.94. The second-order valence-electron chi connectivity index (χ2n) is 36.3. The first-order valence-electron chi connectivity index (χ1n) is 46.8. The second-order valence-corrected chi connectivity index (χ2v) is 36.6. The van der Waals surface area contributed by atoms with E-state index >= 15 is 0 Å². The van der Waals surface area contributed by atoms with Crippen LogP contribution in [0.25, 0.3) is 0 Å². The van der Waals surface area contributed by atoms with E-state index in [4.69, 9.17) is 73.2 Å². The highest BCUT2D eigenvalue weighted by atomic mass is 35.5. The summed E-state index contributed by atoms with van der Waals surface area (Å²) in [5.41, 5.74) is 4.90. The number of rotatable bonds is 16. The van der Waals surface area contributed by atoms with Crippen LogP contribution in [0.1, 0.15) is 179 Å². The maximum atomic E-state index is 12.6. The Labute approximate surface area is 799 Å². The van der Waals surface area contributed by atoms with Gasteiger partial charge in [-0.25, -0.2) is 49.1 Å². The molecule has 4 N–H and O–H groups in total. The van der Waals surface area contributed by atoms with Crippen molar-refractivity contribution in [2.45, 2.75) is 215 Å². The van der Waals surface area contributed by atoms with Crippen molar-refractivity contribution in [3.05, 3.63) is 221 Å². The zero-order valence-corrected chi connectivity index (χ0v) is 78.4. The summed E-state index contributed by atoms with van der Waals surface area (Å²) < 4.78 is 89.8. The third-order valence-electron chi connectivity index (χ3n) is 25.5. The molecule has 9 aromatic rings. The maximum absolute atomic E-state index is 12.6. The molecule has 36 heteroatoms. The zero-order valence-electron chi connectivity index (χ0n) is 77.7. The Morgan fingerprint density at radius 3 is 1.17 bits per heavy atom. The Morgan fingerprint density at radius 2 is 0.745 bits per heavy atom. The number of benzene rings is 3. The molecule has 3 aromatic carbocycles. The van der Waals surface area contributed by atoms with Crippen LogP contribution < -0.4 is 48.8 Å². The molecule has 0 aliphatic carbocycles. The molecule has 6 aromatic heterocycles. The Hall–Kier alpha value is -12.2. The molecule has 12 fully saturated rings. The van der Waals surface area contributed by atoms with Gasteiger partial charge in [-0.3, -0.25) is 4.79 Å². The predicted octanol–water partition coefficient (Wildman–Crippen LogP) is 13.0. The molecule has 728 valence electrons. The number of nitrogens with one attached hydrogen (secondary N) is 1. The van der Waals surface area contributed by atoms with Gasteiger partial charge >= 0.3 is 23.9 Å². The number of aliphatic hydroxyl groups excluding tert-OH is 1. The van der Waals surface area contributed by atoms with Gasteiger partial charge in [-0.2, -0.15) is 4.39 Å². The van der Waals surface area contributed by atoms with Crippen LogP contribution in [0.4, 0.5) is 33.5 Å². The van der Waals surface area contributed by atoms with E-state index in [1.54, 1.807) is 101 Å². The van der Waals surface area contributed by atoms with Gasteiger partial charge in [0.05, 0.1) is 106 Å². The van der Waals surface area contributed by atoms with Crippen LogP contribution >= 0.6 is 11.6 Å². The average molecular weight is 1910 g/mol. The maximum Gasteiger partial charge on any atom is 0.349 e. The quantitative estimate of drug-likeness (QED) is 0.0229. The molecule has 137 heavy (non-hydrogen) atoms. The van der Waals surface area contributed by atoms with Crippen LogP contribution in [0.3, 0.4) is 0 Å². The number of aliphatic hydroxyl groups is 1. The largest absolute Gasteiger partial charge is 0.507 e. The van der Waals surface area contributed by atoms with Crippen LogP contribution in [-0.2, 0) is 73.1 Å². The monoisotopic (exact) mass is 1900 g/mol. The number of fused-ring (bicyclic) bond motifs is 14. The van der Waals surface area contributed by atoms with Gasteiger partial charge in [0.15, 0.2) is 6.29 Å². The van der Waals surface area contributed by atoms with Gasteiger partial charge < -0.3 is 111 Å². The third kappa shape index (κ3) is 24.9. The number of hydrogen-bond donors (Lipinski definition) is 4. The number of ether oxygens (including phenoxy) is 14. The molecule has 20 heterocycles. The van der Waals surface area contributed by atoms with Crippen molar-refractivity contribution in [3.63, 3.8) is 0 Å². The highest BCUT2D eigenvalue weighted by Gasteiger charge is 2.43. The molecule has 0 radical (unpaired) electrons. The minimum atomic E-state index is -0.991. The fourth-order valence-electron chi connectivity index (χ4n) is 19.2. The molecule has 12 unspecified atom stereocenters. The topological polar surface area (TPSA) is 381 Å². The summed E-state index contributed by atoms with van der Waals surface area (Å²) in [5, 5.41) is 31.8. The van der Waals surface area contributed by atoms with Crippen molar-refractivity contribution in [1.29, 1.82) is 0 Å². The number of hydrogen-bond acceptors (Lipinski definition) is 34. The number of anilines is 5. The summed E-state index contributed by atoms with van der Waals surface area (Å²) in [6, 6.07) is 36.6. The Bertz CT molecular complexity index is 5510. The number of alkyl halides is 1.